The van der Waals surface area contributed by atoms with Gasteiger partial charge in [0.1, 0.15) is 5.76 Å². The second-order valence-electron chi connectivity index (χ2n) is 6.41. The first-order valence-corrected chi connectivity index (χ1v) is 8.48. The Hall–Kier alpha value is -2.59. The fourth-order valence-corrected chi connectivity index (χ4v) is 3.60. The van der Waals surface area contributed by atoms with Gasteiger partial charge in [-0.05, 0) is 61.7 Å². The van der Waals surface area contributed by atoms with Gasteiger partial charge in [0.2, 0.25) is 0 Å². The maximum atomic E-state index is 6.27. The Bertz CT molecular complexity index is 1090. The lowest BCUT2D eigenvalue weighted by molar-refractivity contribution is 0.393. The average molecular weight is 352 g/mol. The minimum atomic E-state index is 0.721. The zero-order chi connectivity index (χ0) is 17.7. The number of fused-ring (bicyclic) bond motifs is 1. The van der Waals surface area contributed by atoms with Gasteiger partial charge in [0, 0.05) is 23.2 Å². The van der Waals surface area contributed by atoms with E-state index >= 15 is 0 Å². The van der Waals surface area contributed by atoms with Crippen molar-refractivity contribution in [1.82, 2.24) is 14.7 Å². The largest absolute Gasteiger partial charge is 0.361 e. The topological polar surface area (TPSA) is 43.9 Å². The molecular formula is C20H18ClN3O. The van der Waals surface area contributed by atoms with E-state index in [-0.39, 0.29) is 0 Å². The predicted octanol–water partition coefficient (Wildman–Crippen LogP) is 5.47. The van der Waals surface area contributed by atoms with Gasteiger partial charge in [0.05, 0.1) is 23.1 Å². The quantitative estimate of drug-likeness (QED) is 0.480. The Kier molecular flexibility index (Phi) is 3.65. The first-order chi connectivity index (χ1) is 12.0. The van der Waals surface area contributed by atoms with Gasteiger partial charge >= 0.3 is 0 Å². The number of rotatable bonds is 2. The Labute approximate surface area is 151 Å². The Morgan fingerprint density at radius 2 is 1.84 bits per heavy atom. The fourth-order valence-electron chi connectivity index (χ4n) is 3.42. The van der Waals surface area contributed by atoms with Crippen LogP contribution in [0.5, 0.6) is 0 Å². The van der Waals surface area contributed by atoms with E-state index < -0.39 is 0 Å². The van der Waals surface area contributed by atoms with Crippen molar-refractivity contribution < 1.29 is 4.52 Å². The molecule has 0 unspecified atom stereocenters. The van der Waals surface area contributed by atoms with Gasteiger partial charge in [-0.3, -0.25) is 0 Å². The van der Waals surface area contributed by atoms with Crippen molar-refractivity contribution >= 4 is 22.6 Å². The van der Waals surface area contributed by atoms with E-state index in [2.05, 4.69) is 29.2 Å². The number of aromatic nitrogens is 3. The molecule has 2 aromatic carbocycles. The third kappa shape index (κ3) is 2.53. The zero-order valence-corrected chi connectivity index (χ0v) is 15.3. The highest BCUT2D eigenvalue weighted by Crippen LogP contribution is 2.37. The zero-order valence-electron chi connectivity index (χ0n) is 14.6. The van der Waals surface area contributed by atoms with Crippen LogP contribution in [0, 0.1) is 20.8 Å². The highest BCUT2D eigenvalue weighted by molar-refractivity contribution is 6.31. The normalized spacial score (nSPS) is 11.4. The molecule has 0 bridgehead atoms. The minimum absolute atomic E-state index is 0.721. The molecule has 25 heavy (non-hydrogen) atoms. The highest BCUT2D eigenvalue weighted by Gasteiger charge is 2.17. The molecule has 0 aliphatic rings. The van der Waals surface area contributed by atoms with Crippen LogP contribution in [0.15, 0.2) is 41.2 Å². The molecule has 0 fully saturated rings. The van der Waals surface area contributed by atoms with Crippen LogP contribution in [-0.4, -0.2) is 14.7 Å². The van der Waals surface area contributed by atoms with Crippen molar-refractivity contribution in [2.45, 2.75) is 20.8 Å². The minimum Gasteiger partial charge on any atom is -0.361 e. The average Bonchev–Trinajstić information content (AvgIpc) is 3.12. The summed E-state index contributed by atoms with van der Waals surface area (Å²) in [5.74, 6) is 0.807. The molecule has 0 amide bonds. The summed E-state index contributed by atoms with van der Waals surface area (Å²) in [6.07, 6.45) is 1.84. The van der Waals surface area contributed by atoms with Crippen molar-refractivity contribution in [3.05, 3.63) is 58.7 Å². The number of hydrogen-bond donors (Lipinski definition) is 0. The van der Waals surface area contributed by atoms with Crippen molar-refractivity contribution in [3.63, 3.8) is 0 Å². The summed E-state index contributed by atoms with van der Waals surface area (Å²) in [6.45, 7) is 5.98. The molecule has 0 radical (unpaired) electrons. The number of aryl methyl sites for hydroxylation is 4. The van der Waals surface area contributed by atoms with Crippen molar-refractivity contribution in [1.29, 1.82) is 0 Å². The first-order valence-electron chi connectivity index (χ1n) is 8.10. The lowest BCUT2D eigenvalue weighted by Gasteiger charge is -2.12. The molecule has 126 valence electrons. The Morgan fingerprint density at radius 3 is 2.56 bits per heavy atom. The van der Waals surface area contributed by atoms with Crippen LogP contribution >= 0.6 is 11.6 Å². The third-order valence-corrected chi connectivity index (χ3v) is 4.86. The van der Waals surface area contributed by atoms with E-state index in [1.807, 2.05) is 50.0 Å². The second-order valence-corrected chi connectivity index (χ2v) is 6.84. The molecule has 2 heterocycles. The number of hydrogen-bond acceptors (Lipinski definition) is 3. The van der Waals surface area contributed by atoms with Crippen molar-refractivity contribution in [2.75, 3.05) is 0 Å². The van der Waals surface area contributed by atoms with Gasteiger partial charge in [0.15, 0.2) is 0 Å². The molecule has 0 atom stereocenters. The fraction of sp³-hybridized carbons (Fsp3) is 0.200. The van der Waals surface area contributed by atoms with E-state index in [4.69, 9.17) is 16.1 Å². The predicted molar refractivity (Wildman–Crippen MR) is 101 cm³/mol. The van der Waals surface area contributed by atoms with E-state index in [9.17, 15) is 0 Å². The molecule has 4 nitrogen and oxygen atoms in total. The van der Waals surface area contributed by atoms with E-state index in [1.165, 1.54) is 5.56 Å². The summed E-state index contributed by atoms with van der Waals surface area (Å²) in [6, 6.07) is 10.2. The second kappa shape index (κ2) is 5.74. The first kappa shape index (κ1) is 15.9. The van der Waals surface area contributed by atoms with Crippen LogP contribution in [0.3, 0.4) is 0 Å². The molecule has 0 aliphatic heterocycles. The van der Waals surface area contributed by atoms with Crippen LogP contribution in [0.4, 0.5) is 0 Å². The standard InChI is InChI=1S/C20H18ClN3O/c1-11-5-6-15(21)9-16(11)17-7-14(19-12(2)23-25-13(19)3)8-18-20(17)24(4)10-22-18/h5-10H,1-4H3. The summed E-state index contributed by atoms with van der Waals surface area (Å²) in [7, 11) is 2.01. The smallest absolute Gasteiger partial charge is 0.141 e. The van der Waals surface area contributed by atoms with Gasteiger partial charge in [-0.15, -0.1) is 0 Å². The molecule has 0 spiro atoms. The SMILES string of the molecule is Cc1ccc(Cl)cc1-c1cc(-c2c(C)noc2C)cc2ncn(C)c12. The molecule has 0 N–H and O–H groups in total. The lowest BCUT2D eigenvalue weighted by atomic mass is 9.94. The number of halogens is 1. The number of imidazole rings is 1. The van der Waals surface area contributed by atoms with E-state index in [0.717, 1.165) is 49.8 Å². The monoisotopic (exact) mass is 351 g/mol. The number of nitrogens with zero attached hydrogens (tertiary/aromatic N) is 3. The number of benzene rings is 2. The van der Waals surface area contributed by atoms with Gasteiger partial charge in [-0.25, -0.2) is 4.98 Å². The summed E-state index contributed by atoms with van der Waals surface area (Å²) in [5.41, 5.74) is 8.35. The lowest BCUT2D eigenvalue weighted by Crippen LogP contribution is -1.93. The summed E-state index contributed by atoms with van der Waals surface area (Å²) < 4.78 is 7.40. The maximum Gasteiger partial charge on any atom is 0.141 e. The molecule has 0 aliphatic carbocycles. The summed E-state index contributed by atoms with van der Waals surface area (Å²) >= 11 is 6.27. The van der Waals surface area contributed by atoms with Crippen molar-refractivity contribution in [2.24, 2.45) is 7.05 Å². The van der Waals surface area contributed by atoms with Gasteiger partial charge < -0.3 is 9.09 Å². The van der Waals surface area contributed by atoms with Crippen LogP contribution < -0.4 is 0 Å². The van der Waals surface area contributed by atoms with Gasteiger partial charge in [0.25, 0.3) is 0 Å². The molecule has 4 aromatic rings. The molecule has 4 rings (SSSR count). The van der Waals surface area contributed by atoms with Crippen LogP contribution in [0.25, 0.3) is 33.3 Å². The highest BCUT2D eigenvalue weighted by atomic mass is 35.5. The molecule has 0 saturated heterocycles. The maximum absolute atomic E-state index is 6.27. The molecular weight excluding hydrogens is 334 g/mol. The third-order valence-electron chi connectivity index (χ3n) is 4.62. The van der Waals surface area contributed by atoms with E-state index in [0.29, 0.717) is 0 Å². The Balaban J connectivity index is 2.09. The van der Waals surface area contributed by atoms with Crippen LogP contribution in [-0.2, 0) is 7.05 Å². The van der Waals surface area contributed by atoms with E-state index in [1.54, 1.807) is 0 Å². The van der Waals surface area contributed by atoms with Crippen LogP contribution in [0.2, 0.25) is 5.02 Å². The Morgan fingerprint density at radius 1 is 1.04 bits per heavy atom. The molecule has 2 aromatic heterocycles. The van der Waals surface area contributed by atoms with Gasteiger partial charge in [-0.1, -0.05) is 22.8 Å². The summed E-state index contributed by atoms with van der Waals surface area (Å²) in [4.78, 5) is 4.57. The summed E-state index contributed by atoms with van der Waals surface area (Å²) in [5, 5.41) is 4.81. The van der Waals surface area contributed by atoms with Crippen LogP contribution in [0.1, 0.15) is 17.0 Å². The molecule has 5 heteroatoms. The van der Waals surface area contributed by atoms with Gasteiger partial charge in [-0.2, -0.15) is 0 Å². The molecule has 0 saturated carbocycles. The van der Waals surface area contributed by atoms with Crippen molar-refractivity contribution in [3.8, 4) is 22.3 Å².